The van der Waals surface area contributed by atoms with Gasteiger partial charge in [0.25, 0.3) is 5.91 Å². The SMILES string of the molecule is CCNC(=NCCN(C)Cc1ccc(F)cc1)NCCc1cccc(C(=O)NC)c1. The number of carbonyl (C=O) groups is 1. The molecule has 3 N–H and O–H groups in total. The Bertz CT molecular complexity index is 823. The van der Waals surface area contributed by atoms with Gasteiger partial charge >= 0.3 is 0 Å². The zero-order valence-corrected chi connectivity index (χ0v) is 18.0. The van der Waals surface area contributed by atoms with Crippen LogP contribution in [0.25, 0.3) is 0 Å². The quantitative estimate of drug-likeness (QED) is 0.413. The van der Waals surface area contributed by atoms with E-state index in [0.29, 0.717) is 18.7 Å². The standard InChI is InChI=1S/C23H32FN5O/c1-4-26-23(27-13-12-18-6-5-7-20(16-18)22(30)25-2)28-14-15-29(3)17-19-8-10-21(24)11-9-19/h5-11,16H,4,12-15,17H2,1-3H3,(H,25,30)(H2,26,27,28). The second kappa shape index (κ2) is 12.6. The summed E-state index contributed by atoms with van der Waals surface area (Å²) in [4.78, 5) is 18.5. The van der Waals surface area contributed by atoms with Gasteiger partial charge in [0.1, 0.15) is 5.82 Å². The predicted molar refractivity (Wildman–Crippen MR) is 120 cm³/mol. The number of aliphatic imine (C=N–C) groups is 1. The van der Waals surface area contributed by atoms with Gasteiger partial charge < -0.3 is 20.9 Å². The molecule has 0 radical (unpaired) electrons. The fraction of sp³-hybridized carbons (Fsp3) is 0.391. The number of likely N-dealkylation sites (N-methyl/N-ethyl adjacent to an activating group) is 1. The Labute approximate surface area is 178 Å². The average molecular weight is 414 g/mol. The van der Waals surface area contributed by atoms with E-state index in [1.165, 1.54) is 12.1 Å². The van der Waals surface area contributed by atoms with Crippen molar-refractivity contribution >= 4 is 11.9 Å². The maximum absolute atomic E-state index is 13.0. The molecule has 30 heavy (non-hydrogen) atoms. The van der Waals surface area contributed by atoms with E-state index in [1.54, 1.807) is 19.2 Å². The Hall–Kier alpha value is -2.93. The van der Waals surface area contributed by atoms with Gasteiger partial charge in [0.15, 0.2) is 5.96 Å². The van der Waals surface area contributed by atoms with Crippen LogP contribution in [0, 0.1) is 5.82 Å². The molecule has 2 aromatic carbocycles. The van der Waals surface area contributed by atoms with Gasteiger partial charge in [0, 0.05) is 38.8 Å². The highest BCUT2D eigenvalue weighted by molar-refractivity contribution is 5.94. The van der Waals surface area contributed by atoms with Crippen LogP contribution in [0.2, 0.25) is 0 Å². The summed E-state index contributed by atoms with van der Waals surface area (Å²) in [6.07, 6.45) is 0.791. The molecular formula is C23H32FN5O. The normalized spacial score (nSPS) is 11.4. The predicted octanol–water partition coefficient (Wildman–Crippen LogP) is 2.41. The van der Waals surface area contributed by atoms with Gasteiger partial charge in [0.2, 0.25) is 0 Å². The van der Waals surface area contributed by atoms with Crippen LogP contribution in [0.3, 0.4) is 0 Å². The van der Waals surface area contributed by atoms with Crippen molar-refractivity contribution in [2.75, 3.05) is 40.3 Å². The molecule has 0 fully saturated rings. The number of nitrogens with zero attached hydrogens (tertiary/aromatic N) is 2. The number of amides is 1. The minimum Gasteiger partial charge on any atom is -0.357 e. The minimum absolute atomic E-state index is 0.0792. The molecule has 0 unspecified atom stereocenters. The van der Waals surface area contributed by atoms with Gasteiger partial charge in [0.05, 0.1) is 6.54 Å². The highest BCUT2D eigenvalue weighted by atomic mass is 19.1. The molecule has 0 saturated heterocycles. The fourth-order valence-corrected chi connectivity index (χ4v) is 2.99. The van der Waals surface area contributed by atoms with Crippen LogP contribution < -0.4 is 16.0 Å². The number of halogens is 1. The Morgan fingerprint density at radius 2 is 1.87 bits per heavy atom. The summed E-state index contributed by atoms with van der Waals surface area (Å²) in [5, 5.41) is 9.24. The van der Waals surface area contributed by atoms with Gasteiger partial charge in [-0.3, -0.25) is 9.79 Å². The Balaban J connectivity index is 1.79. The number of hydrogen-bond donors (Lipinski definition) is 3. The van der Waals surface area contributed by atoms with Crippen LogP contribution in [0.15, 0.2) is 53.5 Å². The molecular weight excluding hydrogens is 381 g/mol. The fourth-order valence-electron chi connectivity index (χ4n) is 2.99. The van der Waals surface area contributed by atoms with E-state index in [1.807, 2.05) is 38.2 Å². The first-order valence-corrected chi connectivity index (χ1v) is 10.3. The van der Waals surface area contributed by atoms with Crippen molar-refractivity contribution in [2.24, 2.45) is 4.99 Å². The monoisotopic (exact) mass is 413 g/mol. The van der Waals surface area contributed by atoms with Crippen LogP contribution in [0.5, 0.6) is 0 Å². The van der Waals surface area contributed by atoms with Crippen LogP contribution in [0.1, 0.15) is 28.4 Å². The molecule has 0 aromatic heterocycles. The number of benzene rings is 2. The molecule has 0 bridgehead atoms. The van der Waals surface area contributed by atoms with Crippen molar-refractivity contribution in [1.82, 2.24) is 20.9 Å². The number of rotatable bonds is 10. The minimum atomic E-state index is -0.215. The Morgan fingerprint density at radius 1 is 1.10 bits per heavy atom. The summed E-state index contributed by atoms with van der Waals surface area (Å²) < 4.78 is 13.0. The van der Waals surface area contributed by atoms with E-state index in [9.17, 15) is 9.18 Å². The third kappa shape index (κ3) is 8.21. The molecule has 6 nitrogen and oxygen atoms in total. The molecule has 7 heteroatoms. The maximum atomic E-state index is 13.0. The van der Waals surface area contributed by atoms with Crippen LogP contribution in [-0.2, 0) is 13.0 Å². The summed E-state index contributed by atoms with van der Waals surface area (Å²) >= 11 is 0. The van der Waals surface area contributed by atoms with E-state index in [0.717, 1.165) is 43.1 Å². The smallest absolute Gasteiger partial charge is 0.251 e. The Kier molecular flexibility index (Phi) is 9.80. The van der Waals surface area contributed by atoms with E-state index in [-0.39, 0.29) is 11.7 Å². The second-order valence-corrected chi connectivity index (χ2v) is 7.08. The number of carbonyl (C=O) groups excluding carboxylic acids is 1. The third-order valence-corrected chi connectivity index (χ3v) is 4.58. The zero-order chi connectivity index (χ0) is 21.8. The lowest BCUT2D eigenvalue weighted by atomic mass is 10.1. The molecule has 162 valence electrons. The molecule has 0 heterocycles. The number of nitrogens with one attached hydrogen (secondary N) is 3. The van der Waals surface area contributed by atoms with Gasteiger partial charge in [-0.15, -0.1) is 0 Å². The van der Waals surface area contributed by atoms with Crippen LogP contribution in [-0.4, -0.2) is 57.0 Å². The zero-order valence-electron chi connectivity index (χ0n) is 18.0. The van der Waals surface area contributed by atoms with E-state index < -0.39 is 0 Å². The summed E-state index contributed by atoms with van der Waals surface area (Å²) in [7, 11) is 3.66. The van der Waals surface area contributed by atoms with Crippen molar-refractivity contribution in [3.05, 3.63) is 71.0 Å². The maximum Gasteiger partial charge on any atom is 0.251 e. The topological polar surface area (TPSA) is 68.8 Å². The lowest BCUT2D eigenvalue weighted by Crippen LogP contribution is -2.39. The molecule has 0 aliphatic rings. The lowest BCUT2D eigenvalue weighted by Gasteiger charge is -2.16. The number of guanidine groups is 1. The van der Waals surface area contributed by atoms with Crippen molar-refractivity contribution in [1.29, 1.82) is 0 Å². The molecule has 0 aliphatic carbocycles. The number of hydrogen-bond acceptors (Lipinski definition) is 3. The van der Waals surface area contributed by atoms with Gasteiger partial charge in [-0.05, 0) is 55.8 Å². The molecule has 0 spiro atoms. The highest BCUT2D eigenvalue weighted by Gasteiger charge is 2.05. The van der Waals surface area contributed by atoms with Crippen LogP contribution in [0.4, 0.5) is 4.39 Å². The van der Waals surface area contributed by atoms with Crippen molar-refractivity contribution in [3.8, 4) is 0 Å². The lowest BCUT2D eigenvalue weighted by molar-refractivity contribution is 0.0963. The summed E-state index contributed by atoms with van der Waals surface area (Å²) in [6, 6.07) is 14.2. The molecule has 2 rings (SSSR count). The van der Waals surface area contributed by atoms with Crippen LogP contribution >= 0.6 is 0 Å². The summed E-state index contributed by atoms with van der Waals surface area (Å²) in [6.45, 7) is 5.73. The molecule has 1 amide bonds. The average Bonchev–Trinajstić information content (AvgIpc) is 2.75. The van der Waals surface area contributed by atoms with Crippen molar-refractivity contribution in [2.45, 2.75) is 19.9 Å². The van der Waals surface area contributed by atoms with Gasteiger partial charge in [-0.25, -0.2) is 4.39 Å². The molecule has 0 atom stereocenters. The van der Waals surface area contributed by atoms with E-state index in [2.05, 4.69) is 25.8 Å². The molecule has 0 aliphatic heterocycles. The molecule has 2 aromatic rings. The first-order valence-electron chi connectivity index (χ1n) is 10.3. The third-order valence-electron chi connectivity index (χ3n) is 4.58. The highest BCUT2D eigenvalue weighted by Crippen LogP contribution is 2.06. The first kappa shape index (κ1) is 23.3. The molecule has 0 saturated carbocycles. The van der Waals surface area contributed by atoms with Crippen molar-refractivity contribution in [3.63, 3.8) is 0 Å². The van der Waals surface area contributed by atoms with Gasteiger partial charge in [-0.1, -0.05) is 24.3 Å². The van der Waals surface area contributed by atoms with E-state index >= 15 is 0 Å². The second-order valence-electron chi connectivity index (χ2n) is 7.08. The summed E-state index contributed by atoms with van der Waals surface area (Å²) in [5.41, 5.74) is 2.84. The summed E-state index contributed by atoms with van der Waals surface area (Å²) in [5.74, 6) is 0.479. The van der Waals surface area contributed by atoms with E-state index in [4.69, 9.17) is 0 Å². The van der Waals surface area contributed by atoms with Gasteiger partial charge in [-0.2, -0.15) is 0 Å². The largest absolute Gasteiger partial charge is 0.357 e. The Morgan fingerprint density at radius 3 is 2.57 bits per heavy atom. The first-order chi connectivity index (χ1) is 14.5. The van der Waals surface area contributed by atoms with Crippen molar-refractivity contribution < 1.29 is 9.18 Å².